The normalized spacial score (nSPS) is 12.1. The number of nitrogen functional groups attached to an aromatic ring is 1. The minimum absolute atomic E-state index is 0.161. The number of nitrogens with one attached hydrogen (secondary N) is 1. The second-order valence-electron chi connectivity index (χ2n) is 4.32. The Morgan fingerprint density at radius 3 is 2.86 bits per heavy atom. The Hall–Kier alpha value is -2.68. The number of furan rings is 1. The molecular weight excluding hydrogens is 278 g/mol. The predicted molar refractivity (Wildman–Crippen MR) is 74.8 cm³/mol. The van der Waals surface area contributed by atoms with E-state index in [1.807, 2.05) is 13.0 Å². The highest BCUT2D eigenvalue weighted by atomic mass is 16.6. The molecule has 0 aliphatic rings. The van der Waals surface area contributed by atoms with Crippen LogP contribution in [-0.2, 0) is 4.74 Å². The van der Waals surface area contributed by atoms with E-state index in [0.29, 0.717) is 12.4 Å². The van der Waals surface area contributed by atoms with Crippen molar-refractivity contribution < 1.29 is 14.1 Å². The first-order chi connectivity index (χ1) is 10.0. The summed E-state index contributed by atoms with van der Waals surface area (Å²) in [6.07, 6.45) is 1.06. The zero-order chi connectivity index (χ0) is 15.4. The van der Waals surface area contributed by atoms with E-state index in [9.17, 15) is 10.1 Å². The van der Waals surface area contributed by atoms with E-state index in [2.05, 4.69) is 15.3 Å². The van der Waals surface area contributed by atoms with Crippen molar-refractivity contribution in [2.24, 2.45) is 0 Å². The Kier molecular flexibility index (Phi) is 4.33. The fraction of sp³-hybridized carbons (Fsp3) is 0.333. The number of nitro groups is 1. The number of rotatable bonds is 6. The second kappa shape index (κ2) is 6.18. The van der Waals surface area contributed by atoms with Gasteiger partial charge in [0.25, 0.3) is 0 Å². The largest absolute Gasteiger partial charge is 0.464 e. The van der Waals surface area contributed by atoms with Gasteiger partial charge in [-0.05, 0) is 19.1 Å². The Bertz CT molecular complexity index is 642. The standard InChI is InChI=1S/C12H15N5O4/c1-7-3-4-10(21-7)8(6-20-2)15-12-14-5-9(17(18)19)11(13)16-12/h3-5,8H,6H2,1-2H3,(H3,13,14,15,16)/t8-/m1/s1. The maximum atomic E-state index is 10.7. The van der Waals surface area contributed by atoms with Crippen LogP contribution >= 0.6 is 0 Å². The Balaban J connectivity index is 2.21. The van der Waals surface area contributed by atoms with Crippen molar-refractivity contribution in [3.05, 3.63) is 40.0 Å². The third kappa shape index (κ3) is 3.45. The van der Waals surface area contributed by atoms with Crippen LogP contribution in [0.1, 0.15) is 17.6 Å². The monoisotopic (exact) mass is 293 g/mol. The molecule has 0 spiro atoms. The molecule has 1 atom stereocenters. The van der Waals surface area contributed by atoms with Crippen molar-refractivity contribution >= 4 is 17.5 Å². The SMILES string of the molecule is COC[C@@H](Nc1ncc([N+](=O)[O-])c(N)n1)c1ccc(C)o1. The molecule has 2 heterocycles. The molecule has 0 aliphatic heterocycles. The van der Waals surface area contributed by atoms with Gasteiger partial charge in [-0.15, -0.1) is 0 Å². The van der Waals surface area contributed by atoms with Crippen molar-refractivity contribution in [1.29, 1.82) is 0 Å². The summed E-state index contributed by atoms with van der Waals surface area (Å²) in [5.41, 5.74) is 5.19. The molecule has 0 aliphatic carbocycles. The first-order valence-electron chi connectivity index (χ1n) is 6.10. The van der Waals surface area contributed by atoms with Gasteiger partial charge in [0.05, 0.1) is 11.5 Å². The smallest absolute Gasteiger partial charge is 0.329 e. The van der Waals surface area contributed by atoms with Gasteiger partial charge in [0, 0.05) is 7.11 Å². The molecule has 0 unspecified atom stereocenters. The summed E-state index contributed by atoms with van der Waals surface area (Å²) in [6.45, 7) is 2.14. The quantitative estimate of drug-likeness (QED) is 0.607. The molecule has 2 aromatic rings. The number of ether oxygens (including phenoxy) is 1. The molecular formula is C12H15N5O4. The van der Waals surface area contributed by atoms with Crippen LogP contribution in [0, 0.1) is 17.0 Å². The van der Waals surface area contributed by atoms with Crippen molar-refractivity contribution in [3.63, 3.8) is 0 Å². The molecule has 0 saturated heterocycles. The highest BCUT2D eigenvalue weighted by Crippen LogP contribution is 2.23. The van der Waals surface area contributed by atoms with Gasteiger partial charge in [-0.1, -0.05) is 0 Å². The summed E-state index contributed by atoms with van der Waals surface area (Å²) in [7, 11) is 1.55. The van der Waals surface area contributed by atoms with Gasteiger partial charge in [0.2, 0.25) is 11.8 Å². The minimum atomic E-state index is -0.637. The van der Waals surface area contributed by atoms with Crippen LogP contribution in [0.2, 0.25) is 0 Å². The van der Waals surface area contributed by atoms with E-state index in [1.165, 1.54) is 0 Å². The molecule has 2 rings (SSSR count). The fourth-order valence-electron chi connectivity index (χ4n) is 1.76. The molecule has 0 radical (unpaired) electrons. The topological polar surface area (TPSA) is 129 Å². The van der Waals surface area contributed by atoms with Crippen molar-refractivity contribution in [2.45, 2.75) is 13.0 Å². The van der Waals surface area contributed by atoms with Gasteiger partial charge in [-0.2, -0.15) is 4.98 Å². The van der Waals surface area contributed by atoms with Crippen LogP contribution < -0.4 is 11.1 Å². The van der Waals surface area contributed by atoms with E-state index in [-0.39, 0.29) is 23.5 Å². The summed E-state index contributed by atoms with van der Waals surface area (Å²) in [4.78, 5) is 17.8. The molecule has 0 aromatic carbocycles. The summed E-state index contributed by atoms with van der Waals surface area (Å²) >= 11 is 0. The lowest BCUT2D eigenvalue weighted by molar-refractivity contribution is -0.384. The average molecular weight is 293 g/mol. The highest BCUT2D eigenvalue weighted by Gasteiger charge is 2.19. The maximum absolute atomic E-state index is 10.7. The molecule has 2 aromatic heterocycles. The summed E-state index contributed by atoms with van der Waals surface area (Å²) in [5.74, 6) is 1.37. The number of methoxy groups -OCH3 is 1. The van der Waals surface area contributed by atoms with Crippen molar-refractivity contribution in [3.8, 4) is 0 Å². The number of anilines is 2. The first kappa shape index (κ1) is 14.7. The van der Waals surface area contributed by atoms with Crippen molar-refractivity contribution in [1.82, 2.24) is 9.97 Å². The first-order valence-corrected chi connectivity index (χ1v) is 6.10. The fourth-order valence-corrected chi connectivity index (χ4v) is 1.76. The lowest BCUT2D eigenvalue weighted by Crippen LogP contribution is -2.18. The van der Waals surface area contributed by atoms with Crippen LogP contribution in [0.5, 0.6) is 0 Å². The van der Waals surface area contributed by atoms with E-state index < -0.39 is 4.92 Å². The average Bonchev–Trinajstić information content (AvgIpc) is 2.84. The van der Waals surface area contributed by atoms with Gasteiger partial charge in [-0.3, -0.25) is 10.1 Å². The van der Waals surface area contributed by atoms with Crippen LogP contribution in [-0.4, -0.2) is 28.6 Å². The third-order valence-electron chi connectivity index (χ3n) is 2.74. The molecule has 0 amide bonds. The Morgan fingerprint density at radius 1 is 1.57 bits per heavy atom. The number of aryl methyl sites for hydroxylation is 1. The van der Waals surface area contributed by atoms with E-state index >= 15 is 0 Å². The number of nitrogens with zero attached hydrogens (tertiary/aromatic N) is 3. The predicted octanol–water partition coefficient (Wildman–Crippen LogP) is 1.67. The van der Waals surface area contributed by atoms with E-state index in [4.69, 9.17) is 14.9 Å². The van der Waals surface area contributed by atoms with E-state index in [0.717, 1.165) is 12.0 Å². The lowest BCUT2D eigenvalue weighted by Gasteiger charge is -2.15. The van der Waals surface area contributed by atoms with Crippen LogP contribution in [0.15, 0.2) is 22.7 Å². The van der Waals surface area contributed by atoms with Crippen LogP contribution in [0.3, 0.4) is 0 Å². The van der Waals surface area contributed by atoms with Gasteiger partial charge in [0.1, 0.15) is 23.8 Å². The molecule has 21 heavy (non-hydrogen) atoms. The van der Waals surface area contributed by atoms with Crippen LogP contribution in [0.25, 0.3) is 0 Å². The highest BCUT2D eigenvalue weighted by molar-refractivity contribution is 5.53. The Morgan fingerprint density at radius 2 is 2.33 bits per heavy atom. The van der Waals surface area contributed by atoms with Gasteiger partial charge >= 0.3 is 5.69 Å². The number of hydrogen-bond donors (Lipinski definition) is 2. The number of aromatic nitrogens is 2. The third-order valence-corrected chi connectivity index (χ3v) is 2.74. The summed E-state index contributed by atoms with van der Waals surface area (Å²) in [5, 5.41) is 13.6. The van der Waals surface area contributed by atoms with Crippen molar-refractivity contribution in [2.75, 3.05) is 24.8 Å². The minimum Gasteiger partial charge on any atom is -0.464 e. The van der Waals surface area contributed by atoms with Crippen LogP contribution in [0.4, 0.5) is 17.5 Å². The second-order valence-corrected chi connectivity index (χ2v) is 4.32. The molecule has 0 fully saturated rings. The van der Waals surface area contributed by atoms with E-state index in [1.54, 1.807) is 13.2 Å². The Labute approximate surface area is 120 Å². The molecule has 0 saturated carbocycles. The lowest BCUT2D eigenvalue weighted by atomic mass is 10.2. The summed E-state index contributed by atoms with van der Waals surface area (Å²) < 4.78 is 10.6. The number of hydrogen-bond acceptors (Lipinski definition) is 8. The van der Waals surface area contributed by atoms with Gasteiger partial charge in [-0.25, -0.2) is 4.98 Å². The molecule has 112 valence electrons. The molecule has 9 heteroatoms. The maximum Gasteiger partial charge on any atom is 0.329 e. The number of nitrogens with two attached hydrogens (primary N) is 1. The molecule has 3 N–H and O–H groups in total. The molecule has 9 nitrogen and oxygen atoms in total. The molecule has 0 bridgehead atoms. The zero-order valence-electron chi connectivity index (χ0n) is 11.6. The van der Waals surface area contributed by atoms with Gasteiger partial charge < -0.3 is 20.2 Å². The zero-order valence-corrected chi connectivity index (χ0v) is 11.6. The van der Waals surface area contributed by atoms with Gasteiger partial charge in [0.15, 0.2) is 0 Å². The summed E-state index contributed by atoms with van der Waals surface area (Å²) in [6, 6.07) is 3.30.